The van der Waals surface area contributed by atoms with Gasteiger partial charge in [-0.2, -0.15) is 0 Å². The average molecular weight is 370 g/mol. The van der Waals surface area contributed by atoms with E-state index in [1.165, 1.54) is 5.56 Å². The van der Waals surface area contributed by atoms with Gasteiger partial charge in [0, 0.05) is 11.1 Å². The molecule has 0 aliphatic heterocycles. The van der Waals surface area contributed by atoms with Gasteiger partial charge in [0.15, 0.2) is 5.69 Å². The molecule has 140 valence electrons. The topological polar surface area (TPSA) is 52.1 Å². The summed E-state index contributed by atoms with van der Waals surface area (Å²) in [6, 6.07) is 26.7. The van der Waals surface area contributed by atoms with Gasteiger partial charge >= 0.3 is 5.82 Å². The molecule has 0 radical (unpaired) electrons. The smallest absolute Gasteiger partial charge is 0.332 e. The lowest BCUT2D eigenvalue weighted by Gasteiger charge is -2.08. The van der Waals surface area contributed by atoms with Crippen LogP contribution in [-0.4, -0.2) is 9.94 Å². The zero-order chi connectivity index (χ0) is 19.7. The minimum absolute atomic E-state index is 0.202. The normalized spacial score (nSPS) is 11.1. The van der Waals surface area contributed by atoms with Crippen LogP contribution in [0.5, 0.6) is 0 Å². The highest BCUT2D eigenvalue weighted by atomic mass is 16.5. The summed E-state index contributed by atoms with van der Waals surface area (Å²) in [5.41, 5.74) is 4.29. The highest BCUT2D eigenvalue weighted by Crippen LogP contribution is 2.34. The average Bonchev–Trinajstić information content (AvgIpc) is 2.99. The van der Waals surface area contributed by atoms with Crippen LogP contribution in [0.25, 0.3) is 33.9 Å². The summed E-state index contributed by atoms with van der Waals surface area (Å²) in [6.07, 6.45) is 0. The first kappa shape index (κ1) is 17.9. The first-order chi connectivity index (χ1) is 13.6. The van der Waals surface area contributed by atoms with E-state index in [4.69, 9.17) is 0 Å². The number of aromatic nitrogens is 2. The van der Waals surface area contributed by atoms with Crippen LogP contribution in [0.2, 0.25) is 0 Å². The summed E-state index contributed by atoms with van der Waals surface area (Å²) < 4.78 is 1.83. The first-order valence-corrected chi connectivity index (χ1v) is 9.36. The Bertz CT molecular complexity index is 1020. The third-order valence-corrected chi connectivity index (χ3v) is 4.96. The van der Waals surface area contributed by atoms with E-state index >= 15 is 0 Å². The lowest BCUT2D eigenvalue weighted by Crippen LogP contribution is -2.30. The lowest BCUT2D eigenvalue weighted by atomic mass is 10.0. The Morgan fingerprint density at radius 1 is 0.750 bits per heavy atom. The molecule has 0 bridgehead atoms. The molecule has 4 heteroatoms. The van der Waals surface area contributed by atoms with Gasteiger partial charge in [0.2, 0.25) is 5.69 Å². The van der Waals surface area contributed by atoms with Crippen LogP contribution in [0.15, 0.2) is 84.9 Å². The fourth-order valence-corrected chi connectivity index (χ4v) is 3.46. The van der Waals surface area contributed by atoms with Gasteiger partial charge in [-0.15, -0.1) is 0 Å². The van der Waals surface area contributed by atoms with Gasteiger partial charge in [-0.25, -0.2) is 4.73 Å². The second-order valence-corrected chi connectivity index (χ2v) is 7.14. The molecule has 0 atom stereocenters. The number of rotatable bonds is 4. The molecule has 4 nitrogen and oxygen atoms in total. The van der Waals surface area contributed by atoms with Gasteiger partial charge in [-0.05, 0) is 28.3 Å². The van der Waals surface area contributed by atoms with Crippen molar-refractivity contribution in [1.82, 2.24) is 4.73 Å². The molecule has 0 aliphatic carbocycles. The predicted molar refractivity (Wildman–Crippen MR) is 111 cm³/mol. The van der Waals surface area contributed by atoms with Gasteiger partial charge in [0.25, 0.3) is 0 Å². The van der Waals surface area contributed by atoms with E-state index in [2.05, 4.69) is 13.8 Å². The van der Waals surface area contributed by atoms with Crippen LogP contribution < -0.4 is 4.73 Å². The van der Waals surface area contributed by atoms with Gasteiger partial charge in [-0.1, -0.05) is 86.6 Å². The Labute approximate surface area is 164 Å². The molecule has 1 aromatic heterocycles. The van der Waals surface area contributed by atoms with Crippen molar-refractivity contribution < 1.29 is 9.94 Å². The molecule has 0 spiro atoms. The monoisotopic (exact) mass is 370 g/mol. The molecule has 0 fully saturated rings. The van der Waals surface area contributed by atoms with Crippen LogP contribution in [0.4, 0.5) is 0 Å². The maximum Gasteiger partial charge on any atom is 0.332 e. The Kier molecular flexibility index (Phi) is 4.62. The number of hydrogen-bond donors (Lipinski definition) is 1. The molecule has 1 heterocycles. The Hall–Kier alpha value is -3.53. The molecule has 0 amide bonds. The SMILES string of the molecule is CC(C)c1ccc(-c2n(O)c(-c3ccccc3)c(-c3ccccc3)[n+]2[O-])cc1. The summed E-state index contributed by atoms with van der Waals surface area (Å²) in [5, 5.41) is 24.4. The molecule has 0 unspecified atom stereocenters. The minimum Gasteiger partial charge on any atom is -0.710 e. The molecule has 0 saturated carbocycles. The first-order valence-electron chi connectivity index (χ1n) is 9.36. The molecule has 1 N–H and O–H groups in total. The number of imidazole rings is 1. The van der Waals surface area contributed by atoms with Gasteiger partial charge < -0.3 is 10.4 Å². The fraction of sp³-hybridized carbons (Fsp3) is 0.125. The van der Waals surface area contributed by atoms with Crippen molar-refractivity contribution in [2.75, 3.05) is 0 Å². The Morgan fingerprint density at radius 3 is 1.82 bits per heavy atom. The van der Waals surface area contributed by atoms with Crippen LogP contribution >= 0.6 is 0 Å². The summed E-state index contributed by atoms with van der Waals surface area (Å²) in [4.78, 5) is 0. The van der Waals surface area contributed by atoms with Crippen LogP contribution in [0.3, 0.4) is 0 Å². The Balaban J connectivity index is 1.97. The van der Waals surface area contributed by atoms with E-state index in [9.17, 15) is 10.4 Å². The number of nitrogens with zero attached hydrogens (tertiary/aromatic N) is 2. The van der Waals surface area contributed by atoms with Crippen molar-refractivity contribution in [2.45, 2.75) is 19.8 Å². The van der Waals surface area contributed by atoms with Crippen molar-refractivity contribution >= 4 is 0 Å². The highest BCUT2D eigenvalue weighted by molar-refractivity contribution is 5.78. The molecule has 0 saturated heterocycles. The van der Waals surface area contributed by atoms with E-state index < -0.39 is 0 Å². The van der Waals surface area contributed by atoms with Gasteiger partial charge in [-0.3, -0.25) is 0 Å². The summed E-state index contributed by atoms with van der Waals surface area (Å²) >= 11 is 0. The Morgan fingerprint density at radius 2 is 1.29 bits per heavy atom. The van der Waals surface area contributed by atoms with Crippen LogP contribution in [-0.2, 0) is 0 Å². The summed E-state index contributed by atoms with van der Waals surface area (Å²) in [7, 11) is 0. The molecule has 4 rings (SSSR count). The van der Waals surface area contributed by atoms with Gasteiger partial charge in [0.1, 0.15) is 0 Å². The zero-order valence-electron chi connectivity index (χ0n) is 15.9. The molecular formula is C24H22N2O2. The van der Waals surface area contributed by atoms with Crippen molar-refractivity contribution in [3.63, 3.8) is 0 Å². The van der Waals surface area contributed by atoms with E-state index in [0.717, 1.165) is 20.6 Å². The third-order valence-electron chi connectivity index (χ3n) is 4.96. The summed E-state index contributed by atoms with van der Waals surface area (Å²) in [5.74, 6) is 0.599. The van der Waals surface area contributed by atoms with Crippen LogP contribution in [0.1, 0.15) is 25.3 Å². The predicted octanol–water partition coefficient (Wildman–Crippen LogP) is 5.48. The molecular weight excluding hydrogens is 348 g/mol. The standard InChI is InChI=1S/C24H22N2O2/c1-17(2)18-13-15-21(16-14-18)24-25(27)22(19-9-5-3-6-10-19)23(26(24)28)20-11-7-4-8-12-20/h3-17,27H,1-2H3. The second kappa shape index (κ2) is 7.24. The minimum atomic E-state index is 0.202. The van der Waals surface area contributed by atoms with E-state index in [0.29, 0.717) is 22.9 Å². The second-order valence-electron chi connectivity index (χ2n) is 7.14. The zero-order valence-corrected chi connectivity index (χ0v) is 15.9. The lowest BCUT2D eigenvalue weighted by molar-refractivity contribution is -0.582. The van der Waals surface area contributed by atoms with Crippen molar-refractivity contribution in [3.8, 4) is 33.9 Å². The molecule has 0 aliphatic rings. The highest BCUT2D eigenvalue weighted by Gasteiger charge is 2.31. The van der Waals surface area contributed by atoms with Crippen LogP contribution in [0, 0.1) is 5.21 Å². The summed E-state index contributed by atoms with van der Waals surface area (Å²) in [6.45, 7) is 4.25. The number of benzene rings is 3. The van der Waals surface area contributed by atoms with E-state index in [1.54, 1.807) is 0 Å². The van der Waals surface area contributed by atoms with Crippen molar-refractivity contribution in [1.29, 1.82) is 0 Å². The maximum absolute atomic E-state index is 13.3. The largest absolute Gasteiger partial charge is 0.710 e. The molecule has 4 aromatic rings. The molecule has 3 aromatic carbocycles. The quantitative estimate of drug-likeness (QED) is 0.294. The third kappa shape index (κ3) is 3.03. The molecule has 28 heavy (non-hydrogen) atoms. The van der Waals surface area contributed by atoms with Gasteiger partial charge in [0.05, 0.1) is 5.56 Å². The maximum atomic E-state index is 13.3. The van der Waals surface area contributed by atoms with E-state index in [-0.39, 0.29) is 5.82 Å². The van der Waals surface area contributed by atoms with Crippen molar-refractivity contribution in [3.05, 3.63) is 95.7 Å². The van der Waals surface area contributed by atoms with E-state index in [1.807, 2.05) is 84.9 Å². The fourth-order valence-electron chi connectivity index (χ4n) is 3.46. The number of hydrogen-bond acceptors (Lipinski definition) is 2. The van der Waals surface area contributed by atoms with Crippen molar-refractivity contribution in [2.24, 2.45) is 0 Å².